The number of amides is 1. The number of fused-ring (bicyclic) bond motifs is 3. The zero-order chi connectivity index (χ0) is 25.0. The van der Waals surface area contributed by atoms with E-state index in [0.29, 0.717) is 0 Å². The largest absolute Gasteiger partial charge is 0.497 e. The molecule has 7 rings (SSSR count). The van der Waals surface area contributed by atoms with E-state index in [0.717, 1.165) is 77.3 Å². The van der Waals surface area contributed by atoms with Crippen molar-refractivity contribution in [3.8, 4) is 5.75 Å². The number of anilines is 2. The highest BCUT2D eigenvalue weighted by molar-refractivity contribution is 6.10. The molecule has 4 aromatic rings. The summed E-state index contributed by atoms with van der Waals surface area (Å²) < 4.78 is 5.42. The molecule has 0 bridgehead atoms. The first-order valence-corrected chi connectivity index (χ1v) is 12.9. The second kappa shape index (κ2) is 8.49. The fraction of sp³-hybridized carbons (Fsp3) is 0.267. The van der Waals surface area contributed by atoms with E-state index in [-0.39, 0.29) is 11.8 Å². The second-order valence-corrected chi connectivity index (χ2v) is 10.2. The van der Waals surface area contributed by atoms with Crippen molar-refractivity contribution in [3.63, 3.8) is 0 Å². The Morgan fingerprint density at radius 3 is 2.68 bits per heavy atom. The number of H-pyrrole nitrogens is 1. The van der Waals surface area contributed by atoms with Gasteiger partial charge in [0.15, 0.2) is 0 Å². The van der Waals surface area contributed by atoms with Gasteiger partial charge in [0.05, 0.1) is 23.7 Å². The number of aromatic nitrogens is 2. The molecule has 3 N–H and O–H groups in total. The summed E-state index contributed by atoms with van der Waals surface area (Å²) in [5.41, 5.74) is 6.89. The number of piperazine rings is 1. The number of carbonyl (C=O) groups is 1. The molecule has 3 aromatic carbocycles. The highest BCUT2D eigenvalue weighted by Crippen LogP contribution is 2.65. The van der Waals surface area contributed by atoms with Gasteiger partial charge in [0.1, 0.15) is 5.75 Å². The molecule has 186 valence electrons. The van der Waals surface area contributed by atoms with E-state index < -0.39 is 5.41 Å². The highest BCUT2D eigenvalue weighted by Gasteiger charge is 2.65. The Morgan fingerprint density at radius 2 is 1.86 bits per heavy atom. The first-order valence-electron chi connectivity index (χ1n) is 12.9. The number of nitrogens with one attached hydrogen (secondary N) is 3. The minimum atomic E-state index is -0.503. The van der Waals surface area contributed by atoms with Gasteiger partial charge in [-0.05, 0) is 65.6 Å². The van der Waals surface area contributed by atoms with E-state index >= 15 is 0 Å². The standard InChI is InChI=1S/C30H29N5O2/c1-37-22-8-11-27-24(17-22)30(29(36)32-27)18-25(30)20-5-9-23-26(33-34-28(23)16-20)10-4-19-2-6-21(7-3-19)35-14-12-31-13-15-35/h2-11,16-17,25,31H,12-15,18H2,1H3,(H,32,36)(H,33,34)/b10-4+. The average Bonchev–Trinajstić information content (AvgIpc) is 3.49. The molecule has 2 aliphatic heterocycles. The monoisotopic (exact) mass is 491 g/mol. The van der Waals surface area contributed by atoms with Crippen LogP contribution < -0.4 is 20.3 Å². The Bertz CT molecular complexity index is 1530. The van der Waals surface area contributed by atoms with Crippen LogP contribution in [0.4, 0.5) is 11.4 Å². The summed E-state index contributed by atoms with van der Waals surface area (Å²) in [4.78, 5) is 15.4. The SMILES string of the molecule is COc1ccc2c(c1)C1(CC1c1ccc3c(/C=C/c4ccc(N5CCNCC5)cc4)n[nH]c3c1)C(=O)N2. The Hall–Kier alpha value is -4.10. The van der Waals surface area contributed by atoms with Crippen molar-refractivity contribution >= 4 is 40.3 Å². The average molecular weight is 492 g/mol. The molecule has 7 nitrogen and oxygen atoms in total. The van der Waals surface area contributed by atoms with Crippen molar-refractivity contribution in [2.24, 2.45) is 0 Å². The number of carbonyl (C=O) groups excluding carboxylic acids is 1. The van der Waals surface area contributed by atoms with Gasteiger partial charge in [0.2, 0.25) is 5.91 Å². The van der Waals surface area contributed by atoms with E-state index in [1.807, 2.05) is 18.2 Å². The van der Waals surface area contributed by atoms with Crippen LogP contribution in [0, 0.1) is 0 Å². The lowest BCUT2D eigenvalue weighted by Crippen LogP contribution is -2.43. The molecule has 1 saturated heterocycles. The normalized spacial score (nSPS) is 22.6. The summed E-state index contributed by atoms with van der Waals surface area (Å²) in [6.45, 7) is 4.16. The van der Waals surface area contributed by atoms with Crippen molar-refractivity contribution in [3.05, 3.63) is 83.0 Å². The van der Waals surface area contributed by atoms with Gasteiger partial charge in [0, 0.05) is 48.9 Å². The van der Waals surface area contributed by atoms with Crippen LogP contribution in [0.2, 0.25) is 0 Å². The maximum Gasteiger partial charge on any atom is 0.235 e. The number of rotatable bonds is 5. The zero-order valence-corrected chi connectivity index (χ0v) is 20.8. The lowest BCUT2D eigenvalue weighted by molar-refractivity contribution is -0.118. The predicted octanol–water partition coefficient (Wildman–Crippen LogP) is 4.53. The molecule has 2 atom stereocenters. The number of ether oxygens (including phenoxy) is 1. The molecule has 3 aliphatic rings. The molecular formula is C30H29N5O2. The lowest BCUT2D eigenvalue weighted by atomic mass is 9.91. The summed E-state index contributed by atoms with van der Waals surface area (Å²) >= 11 is 0. The number of aromatic amines is 1. The number of hydrogen-bond donors (Lipinski definition) is 3. The topological polar surface area (TPSA) is 82.3 Å². The van der Waals surface area contributed by atoms with Gasteiger partial charge in [0.25, 0.3) is 0 Å². The van der Waals surface area contributed by atoms with Crippen LogP contribution in [0.25, 0.3) is 23.1 Å². The molecule has 1 amide bonds. The van der Waals surface area contributed by atoms with Gasteiger partial charge in [-0.25, -0.2) is 0 Å². The van der Waals surface area contributed by atoms with Gasteiger partial charge in [-0.3, -0.25) is 9.89 Å². The van der Waals surface area contributed by atoms with E-state index in [9.17, 15) is 4.79 Å². The van der Waals surface area contributed by atoms with Crippen LogP contribution in [0.1, 0.15) is 34.7 Å². The maximum atomic E-state index is 13.0. The molecule has 1 saturated carbocycles. The molecule has 1 aliphatic carbocycles. The third kappa shape index (κ3) is 3.61. The van der Waals surface area contributed by atoms with Crippen LogP contribution >= 0.6 is 0 Å². The molecule has 1 spiro atoms. The molecule has 1 aromatic heterocycles. The lowest BCUT2D eigenvalue weighted by Gasteiger charge is -2.29. The first-order chi connectivity index (χ1) is 18.2. The quantitative estimate of drug-likeness (QED) is 0.382. The van der Waals surface area contributed by atoms with Crippen LogP contribution in [-0.4, -0.2) is 49.4 Å². The number of nitrogens with zero attached hydrogens (tertiary/aromatic N) is 2. The maximum absolute atomic E-state index is 13.0. The van der Waals surface area contributed by atoms with Crippen LogP contribution in [0.5, 0.6) is 5.75 Å². The minimum Gasteiger partial charge on any atom is -0.497 e. The van der Waals surface area contributed by atoms with Gasteiger partial charge < -0.3 is 20.3 Å². The molecule has 2 unspecified atom stereocenters. The Labute approximate surface area is 215 Å². The molecule has 7 heteroatoms. The van der Waals surface area contributed by atoms with E-state index in [2.05, 4.69) is 80.3 Å². The molecule has 3 heterocycles. The van der Waals surface area contributed by atoms with Gasteiger partial charge >= 0.3 is 0 Å². The number of benzene rings is 3. The van der Waals surface area contributed by atoms with Crippen molar-refractivity contribution in [1.82, 2.24) is 15.5 Å². The van der Waals surface area contributed by atoms with Crippen molar-refractivity contribution in [1.29, 1.82) is 0 Å². The molecular weight excluding hydrogens is 462 g/mol. The van der Waals surface area contributed by atoms with Gasteiger partial charge in [-0.1, -0.05) is 30.3 Å². The van der Waals surface area contributed by atoms with E-state index in [1.165, 1.54) is 5.69 Å². The third-order valence-electron chi connectivity index (χ3n) is 8.15. The number of methoxy groups -OCH3 is 1. The Morgan fingerprint density at radius 1 is 1.03 bits per heavy atom. The summed E-state index contributed by atoms with van der Waals surface area (Å²) in [6.07, 6.45) is 4.97. The summed E-state index contributed by atoms with van der Waals surface area (Å²) in [5.74, 6) is 0.998. The zero-order valence-electron chi connectivity index (χ0n) is 20.8. The molecule has 0 radical (unpaired) electrons. The van der Waals surface area contributed by atoms with E-state index in [1.54, 1.807) is 7.11 Å². The highest BCUT2D eigenvalue weighted by atomic mass is 16.5. The van der Waals surface area contributed by atoms with Gasteiger partial charge in [-0.15, -0.1) is 0 Å². The fourth-order valence-electron chi connectivity index (χ4n) is 6.00. The van der Waals surface area contributed by atoms with Crippen molar-refractivity contribution in [2.75, 3.05) is 43.5 Å². The summed E-state index contributed by atoms with van der Waals surface area (Å²) in [6, 6.07) is 20.9. The van der Waals surface area contributed by atoms with Crippen molar-refractivity contribution < 1.29 is 9.53 Å². The smallest absolute Gasteiger partial charge is 0.235 e. The first kappa shape index (κ1) is 22.1. The van der Waals surface area contributed by atoms with Crippen LogP contribution in [0.15, 0.2) is 60.7 Å². The predicted molar refractivity (Wildman–Crippen MR) is 147 cm³/mol. The second-order valence-electron chi connectivity index (χ2n) is 10.2. The van der Waals surface area contributed by atoms with Crippen molar-refractivity contribution in [2.45, 2.75) is 17.8 Å². The minimum absolute atomic E-state index is 0.0806. The fourth-order valence-corrected chi connectivity index (χ4v) is 6.00. The van der Waals surface area contributed by atoms with Crippen LogP contribution in [-0.2, 0) is 10.2 Å². The van der Waals surface area contributed by atoms with Crippen LogP contribution in [0.3, 0.4) is 0 Å². The third-order valence-corrected chi connectivity index (χ3v) is 8.15. The Balaban J connectivity index is 1.11. The van der Waals surface area contributed by atoms with Gasteiger partial charge in [-0.2, -0.15) is 5.10 Å². The molecule has 37 heavy (non-hydrogen) atoms. The number of hydrogen-bond acceptors (Lipinski definition) is 5. The summed E-state index contributed by atoms with van der Waals surface area (Å²) in [7, 11) is 1.66. The van der Waals surface area contributed by atoms with E-state index in [4.69, 9.17) is 4.74 Å². The summed E-state index contributed by atoms with van der Waals surface area (Å²) in [5, 5.41) is 15.3. The molecule has 2 fully saturated rings. The Kier molecular flexibility index (Phi) is 5.08.